The summed E-state index contributed by atoms with van der Waals surface area (Å²) in [5, 5.41) is 4.25. The van der Waals surface area contributed by atoms with Crippen LogP contribution in [0.5, 0.6) is 0 Å². The summed E-state index contributed by atoms with van der Waals surface area (Å²) in [7, 11) is 0. The lowest BCUT2D eigenvalue weighted by Gasteiger charge is -2.28. The maximum absolute atomic E-state index is 12.6. The molecule has 0 saturated heterocycles. The highest BCUT2D eigenvalue weighted by Gasteiger charge is 2.30. The molecule has 0 radical (unpaired) electrons. The van der Waals surface area contributed by atoms with Crippen LogP contribution in [-0.4, -0.2) is 22.0 Å². The van der Waals surface area contributed by atoms with Crippen LogP contribution in [0.1, 0.15) is 54.9 Å². The van der Waals surface area contributed by atoms with Crippen LogP contribution in [-0.2, 0) is 4.79 Å². The number of hydrogen-bond acceptors (Lipinski definition) is 3. The Balaban J connectivity index is 1.81. The summed E-state index contributed by atoms with van der Waals surface area (Å²) in [6, 6.07) is 11.8. The maximum Gasteiger partial charge on any atom is 0.273 e. The lowest BCUT2D eigenvalue weighted by molar-refractivity contribution is -0.120. The fourth-order valence-electron chi connectivity index (χ4n) is 3.74. The average Bonchev–Trinajstić information content (AvgIpc) is 2.86. The molecule has 2 aromatic rings. The predicted octanol–water partition coefficient (Wildman–Crippen LogP) is 3.96. The summed E-state index contributed by atoms with van der Waals surface area (Å²) >= 11 is 0. The van der Waals surface area contributed by atoms with E-state index in [9.17, 15) is 9.59 Å². The molecule has 1 aromatic carbocycles. The summed E-state index contributed by atoms with van der Waals surface area (Å²) in [5.41, 5.74) is 6.76. The van der Waals surface area contributed by atoms with Crippen LogP contribution in [0.4, 0.5) is 0 Å². The van der Waals surface area contributed by atoms with Gasteiger partial charge in [0, 0.05) is 35.6 Å². The van der Waals surface area contributed by atoms with Crippen molar-refractivity contribution in [3.05, 3.63) is 53.3 Å². The lowest BCUT2D eigenvalue weighted by Crippen LogP contribution is -2.31. The van der Waals surface area contributed by atoms with Gasteiger partial charge in [-0.15, -0.1) is 0 Å². The number of hydrazone groups is 1. The molecular weight excluding hydrogens is 326 g/mol. The van der Waals surface area contributed by atoms with Crippen molar-refractivity contribution in [2.45, 2.75) is 47.0 Å². The summed E-state index contributed by atoms with van der Waals surface area (Å²) in [6.07, 6.45) is 1.62. The molecule has 0 aliphatic heterocycles. The minimum Gasteiger partial charge on any atom is -0.318 e. The minimum absolute atomic E-state index is 0.0952. The first-order valence-corrected chi connectivity index (χ1v) is 8.89. The second-order valence-electron chi connectivity index (χ2n) is 7.81. The van der Waals surface area contributed by atoms with Gasteiger partial charge in [-0.3, -0.25) is 9.59 Å². The number of aromatic nitrogens is 1. The van der Waals surface area contributed by atoms with Gasteiger partial charge in [-0.05, 0) is 43.9 Å². The molecule has 1 aliphatic rings. The molecule has 1 heterocycles. The van der Waals surface area contributed by atoms with E-state index in [-0.39, 0.29) is 17.1 Å². The zero-order chi connectivity index (χ0) is 18.9. The van der Waals surface area contributed by atoms with Crippen LogP contribution in [0.3, 0.4) is 0 Å². The van der Waals surface area contributed by atoms with E-state index in [1.165, 1.54) is 0 Å². The molecular formula is C21H25N3O2. The van der Waals surface area contributed by atoms with Crippen molar-refractivity contribution in [3.63, 3.8) is 0 Å². The molecule has 0 spiro atoms. The molecule has 0 bridgehead atoms. The zero-order valence-corrected chi connectivity index (χ0v) is 15.8. The molecule has 5 nitrogen and oxygen atoms in total. The molecule has 1 aliphatic carbocycles. The number of aryl methyl sites for hydroxylation is 1. The second-order valence-corrected chi connectivity index (χ2v) is 7.81. The topological polar surface area (TPSA) is 63.5 Å². The molecule has 1 N–H and O–H groups in total. The molecule has 1 fully saturated rings. The molecule has 3 rings (SSSR count). The number of carbonyl (C=O) groups is 2. The predicted molar refractivity (Wildman–Crippen MR) is 103 cm³/mol. The number of rotatable bonds is 3. The van der Waals surface area contributed by atoms with E-state index in [1.54, 1.807) is 0 Å². The average molecular weight is 351 g/mol. The Hall–Kier alpha value is -2.69. The highest BCUT2D eigenvalue weighted by molar-refractivity contribution is 6.05. The first-order chi connectivity index (χ1) is 12.3. The van der Waals surface area contributed by atoms with Crippen molar-refractivity contribution in [2.75, 3.05) is 0 Å². The van der Waals surface area contributed by atoms with Crippen LogP contribution in [0.25, 0.3) is 5.69 Å². The zero-order valence-electron chi connectivity index (χ0n) is 15.8. The summed E-state index contributed by atoms with van der Waals surface area (Å²) in [5.74, 6) is -0.0693. The summed E-state index contributed by atoms with van der Waals surface area (Å²) in [6.45, 7) is 8.00. The first-order valence-electron chi connectivity index (χ1n) is 8.89. The van der Waals surface area contributed by atoms with Crippen LogP contribution in [0, 0.1) is 19.3 Å². The number of Topliss-reactive ketones (excluding diaryl/α,β-unsaturated/α-hetero) is 1. The molecule has 1 aromatic heterocycles. The molecule has 1 saturated carbocycles. The van der Waals surface area contributed by atoms with Crippen LogP contribution >= 0.6 is 0 Å². The lowest BCUT2D eigenvalue weighted by atomic mass is 9.76. The number of para-hydroxylation sites is 1. The smallest absolute Gasteiger partial charge is 0.273 e. The van der Waals surface area contributed by atoms with E-state index < -0.39 is 0 Å². The Labute approximate surface area is 154 Å². The third kappa shape index (κ3) is 3.77. The van der Waals surface area contributed by atoms with E-state index in [0.717, 1.165) is 29.2 Å². The number of carbonyl (C=O) groups excluding carboxylic acids is 2. The Morgan fingerprint density at radius 2 is 1.85 bits per heavy atom. The number of ketones is 1. The van der Waals surface area contributed by atoms with Crippen molar-refractivity contribution in [3.8, 4) is 5.69 Å². The van der Waals surface area contributed by atoms with Crippen molar-refractivity contribution < 1.29 is 9.59 Å². The van der Waals surface area contributed by atoms with E-state index in [2.05, 4.69) is 28.9 Å². The van der Waals surface area contributed by atoms with Crippen LogP contribution in [0.15, 0.2) is 41.5 Å². The van der Waals surface area contributed by atoms with Crippen LogP contribution < -0.4 is 5.43 Å². The van der Waals surface area contributed by atoms with Gasteiger partial charge < -0.3 is 4.57 Å². The van der Waals surface area contributed by atoms with Gasteiger partial charge in [0.25, 0.3) is 5.91 Å². The molecule has 0 atom stereocenters. The van der Waals surface area contributed by atoms with Crippen molar-refractivity contribution in [1.29, 1.82) is 0 Å². The number of hydrogen-bond donors (Lipinski definition) is 1. The normalized spacial score (nSPS) is 18.2. The largest absolute Gasteiger partial charge is 0.318 e. The molecule has 5 heteroatoms. The van der Waals surface area contributed by atoms with Gasteiger partial charge in [-0.1, -0.05) is 32.0 Å². The van der Waals surface area contributed by atoms with Crippen LogP contribution in [0.2, 0.25) is 0 Å². The molecule has 1 amide bonds. The third-order valence-corrected chi connectivity index (χ3v) is 4.77. The minimum atomic E-state index is -0.247. The van der Waals surface area contributed by atoms with Gasteiger partial charge in [-0.2, -0.15) is 5.10 Å². The fourth-order valence-corrected chi connectivity index (χ4v) is 3.74. The number of benzene rings is 1. The monoisotopic (exact) mass is 351 g/mol. The van der Waals surface area contributed by atoms with E-state index >= 15 is 0 Å². The fraction of sp³-hybridized carbons (Fsp3) is 0.381. The van der Waals surface area contributed by atoms with Gasteiger partial charge in [0.1, 0.15) is 5.78 Å². The van der Waals surface area contributed by atoms with Gasteiger partial charge in [0.05, 0.1) is 5.56 Å². The van der Waals surface area contributed by atoms with E-state index in [1.807, 2.05) is 50.2 Å². The van der Waals surface area contributed by atoms with Gasteiger partial charge in [-0.25, -0.2) is 5.43 Å². The summed E-state index contributed by atoms with van der Waals surface area (Å²) in [4.78, 5) is 24.5. The standard InChI is InChI=1S/C21H25N3O2/c1-14-10-19(15(2)24(14)17-8-6-5-7-9-17)20(26)23-22-16-11-18(25)13-21(3,4)12-16/h5-10H,11-13H2,1-4H3,(H,23,26)/b22-16+. The highest BCUT2D eigenvalue weighted by Crippen LogP contribution is 2.31. The second kappa shape index (κ2) is 6.90. The highest BCUT2D eigenvalue weighted by atomic mass is 16.2. The van der Waals surface area contributed by atoms with Gasteiger partial charge in [0.2, 0.25) is 0 Å². The number of nitrogens with zero attached hydrogens (tertiary/aromatic N) is 2. The quantitative estimate of drug-likeness (QED) is 0.851. The maximum atomic E-state index is 12.6. The molecule has 26 heavy (non-hydrogen) atoms. The van der Waals surface area contributed by atoms with E-state index in [0.29, 0.717) is 18.4 Å². The Morgan fingerprint density at radius 3 is 2.50 bits per heavy atom. The Morgan fingerprint density at radius 1 is 1.15 bits per heavy atom. The SMILES string of the molecule is Cc1cc(C(=O)N/N=C2\CC(=O)CC(C)(C)C2)c(C)n1-c1ccccc1. The van der Waals surface area contributed by atoms with Crippen molar-refractivity contribution >= 4 is 17.4 Å². The van der Waals surface area contributed by atoms with Gasteiger partial charge >= 0.3 is 0 Å². The molecule has 136 valence electrons. The van der Waals surface area contributed by atoms with Gasteiger partial charge in [0.15, 0.2) is 0 Å². The van der Waals surface area contributed by atoms with Crippen molar-refractivity contribution in [2.24, 2.45) is 10.5 Å². The Kier molecular flexibility index (Phi) is 4.81. The number of nitrogens with one attached hydrogen (secondary N) is 1. The van der Waals surface area contributed by atoms with Crippen molar-refractivity contribution in [1.82, 2.24) is 9.99 Å². The number of amides is 1. The molecule has 0 unspecified atom stereocenters. The summed E-state index contributed by atoms with van der Waals surface area (Å²) < 4.78 is 2.05. The van der Waals surface area contributed by atoms with E-state index in [4.69, 9.17) is 0 Å². The first kappa shape index (κ1) is 18.1. The Bertz CT molecular complexity index is 876. The third-order valence-electron chi connectivity index (χ3n) is 4.77.